The smallest absolute Gasteiger partial charge is 0.306 e. The highest BCUT2D eigenvalue weighted by Gasteiger charge is 2.19. The third-order valence-corrected chi connectivity index (χ3v) is 13.8. The zero-order chi connectivity index (χ0) is 55.0. The van der Waals surface area contributed by atoms with E-state index in [2.05, 4.69) is 118 Å². The summed E-state index contributed by atoms with van der Waals surface area (Å²) in [5, 5.41) is 0. The lowest BCUT2D eigenvalue weighted by Gasteiger charge is -2.18. The number of rotatable bonds is 58. The number of esters is 3. The largest absolute Gasteiger partial charge is 0.462 e. The molecule has 0 spiro atoms. The lowest BCUT2D eigenvalue weighted by Crippen LogP contribution is -2.30. The number of hydrogen-bond donors (Lipinski definition) is 0. The molecule has 0 heterocycles. The maximum absolute atomic E-state index is 12.9. The van der Waals surface area contributed by atoms with Crippen molar-refractivity contribution in [2.75, 3.05) is 13.2 Å². The molecule has 0 rings (SSSR count). The van der Waals surface area contributed by atoms with E-state index in [1.807, 2.05) is 0 Å². The van der Waals surface area contributed by atoms with Crippen LogP contribution in [0.1, 0.15) is 310 Å². The SMILES string of the molecule is CC/C=C\C/C=C\C/C=C\C/C=C\C/C=C\C/C=C\C/C=C\CCCC(=O)OCC(COC(=O)CCCCCCC/C=C\CCCCC)OC(=O)CCCCCCCCCCCCCCCCCCCCCCCCC. The Bertz CT molecular complexity index is 1490. The van der Waals surface area contributed by atoms with Gasteiger partial charge in [0.25, 0.3) is 0 Å². The van der Waals surface area contributed by atoms with E-state index in [1.54, 1.807) is 0 Å². The second-order valence-electron chi connectivity index (χ2n) is 21.3. The van der Waals surface area contributed by atoms with Crippen LogP contribution in [0.2, 0.25) is 0 Å². The van der Waals surface area contributed by atoms with Gasteiger partial charge in [-0.3, -0.25) is 14.4 Å². The molecular formula is C70H120O6. The van der Waals surface area contributed by atoms with Gasteiger partial charge in [-0.25, -0.2) is 0 Å². The van der Waals surface area contributed by atoms with Crippen LogP contribution in [0.3, 0.4) is 0 Å². The Morgan fingerprint density at radius 2 is 0.526 bits per heavy atom. The maximum Gasteiger partial charge on any atom is 0.306 e. The summed E-state index contributed by atoms with van der Waals surface area (Å²) in [7, 11) is 0. The van der Waals surface area contributed by atoms with Crippen molar-refractivity contribution in [2.24, 2.45) is 0 Å². The molecule has 0 bridgehead atoms. The van der Waals surface area contributed by atoms with Crippen molar-refractivity contribution in [1.82, 2.24) is 0 Å². The van der Waals surface area contributed by atoms with Gasteiger partial charge in [0.1, 0.15) is 13.2 Å². The normalized spacial score (nSPS) is 12.7. The molecule has 0 aromatic heterocycles. The number of carbonyl (C=O) groups excluding carboxylic acids is 3. The van der Waals surface area contributed by atoms with Crippen LogP contribution >= 0.6 is 0 Å². The molecule has 1 unspecified atom stereocenters. The molecule has 6 nitrogen and oxygen atoms in total. The first-order valence-electron chi connectivity index (χ1n) is 32.2. The average molecular weight is 1060 g/mol. The minimum atomic E-state index is -0.804. The van der Waals surface area contributed by atoms with Crippen LogP contribution < -0.4 is 0 Å². The first kappa shape index (κ1) is 72.3. The quantitative estimate of drug-likeness (QED) is 0.0261. The Kier molecular flexibility index (Phi) is 60.8. The molecule has 0 fully saturated rings. The molecule has 1 atom stereocenters. The van der Waals surface area contributed by atoms with Gasteiger partial charge in [-0.2, -0.15) is 0 Å². The topological polar surface area (TPSA) is 78.9 Å². The van der Waals surface area contributed by atoms with Crippen molar-refractivity contribution in [3.8, 4) is 0 Å². The van der Waals surface area contributed by atoms with Gasteiger partial charge in [-0.1, -0.05) is 291 Å². The highest BCUT2D eigenvalue weighted by atomic mass is 16.6. The standard InChI is InChI=1S/C70H120O6/c1-4-7-10-13-16-19-22-25-27-29-31-33-35-37-39-41-43-45-48-51-54-57-60-63-69(72)75-66-67(65-74-68(71)62-59-56-53-50-47-24-21-18-15-12-9-6-3)76-70(73)64-61-58-55-52-49-46-44-42-40-38-36-34-32-30-28-26-23-20-17-14-11-8-5-2/h7,10,16,18-19,21,25,27,31,33,37,39,43,45,51,54,67H,4-6,8-9,11-15,17,20,22-24,26,28-30,32,34-36,38,40-42,44,46-50,52-53,55-66H2,1-3H3/b10-7-,19-16-,21-18-,27-25-,33-31-,39-37-,45-43-,54-51-. The van der Waals surface area contributed by atoms with E-state index in [0.29, 0.717) is 19.3 Å². The first-order chi connectivity index (χ1) is 37.5. The van der Waals surface area contributed by atoms with Crippen LogP contribution in [0.4, 0.5) is 0 Å². The van der Waals surface area contributed by atoms with Crippen LogP contribution in [0.5, 0.6) is 0 Å². The molecule has 0 saturated carbocycles. The molecule has 436 valence electrons. The van der Waals surface area contributed by atoms with E-state index in [-0.39, 0.29) is 37.5 Å². The fourth-order valence-electron chi connectivity index (χ4n) is 9.02. The van der Waals surface area contributed by atoms with Gasteiger partial charge in [0.05, 0.1) is 0 Å². The van der Waals surface area contributed by atoms with Gasteiger partial charge in [0.2, 0.25) is 0 Å². The fourth-order valence-corrected chi connectivity index (χ4v) is 9.02. The van der Waals surface area contributed by atoms with Crippen molar-refractivity contribution in [3.63, 3.8) is 0 Å². The number of unbranched alkanes of at least 4 members (excludes halogenated alkanes) is 31. The summed E-state index contributed by atoms with van der Waals surface area (Å²) in [6.45, 7) is 6.48. The van der Waals surface area contributed by atoms with Crippen LogP contribution in [0, 0.1) is 0 Å². The molecule has 0 aliphatic rings. The number of ether oxygens (including phenoxy) is 3. The maximum atomic E-state index is 12.9. The van der Waals surface area contributed by atoms with Crippen LogP contribution in [0.25, 0.3) is 0 Å². The lowest BCUT2D eigenvalue weighted by molar-refractivity contribution is -0.167. The monoisotopic (exact) mass is 1060 g/mol. The van der Waals surface area contributed by atoms with E-state index in [9.17, 15) is 14.4 Å². The predicted octanol–water partition coefficient (Wildman–Crippen LogP) is 22.0. The molecule has 6 heteroatoms. The molecule has 0 amide bonds. The Morgan fingerprint density at radius 3 is 0.895 bits per heavy atom. The molecule has 0 aliphatic carbocycles. The third kappa shape index (κ3) is 61.2. The van der Waals surface area contributed by atoms with E-state index in [0.717, 1.165) is 103 Å². The van der Waals surface area contributed by atoms with E-state index in [1.165, 1.54) is 161 Å². The second-order valence-corrected chi connectivity index (χ2v) is 21.3. The first-order valence-corrected chi connectivity index (χ1v) is 32.2. The minimum absolute atomic E-state index is 0.0980. The Morgan fingerprint density at radius 1 is 0.276 bits per heavy atom. The summed E-state index contributed by atoms with van der Waals surface area (Å²) in [4.78, 5) is 38.3. The second kappa shape index (κ2) is 63.9. The van der Waals surface area contributed by atoms with Crippen molar-refractivity contribution in [2.45, 2.75) is 316 Å². The zero-order valence-electron chi connectivity index (χ0n) is 50.0. The summed E-state index contributed by atoms with van der Waals surface area (Å²) in [6, 6.07) is 0. The minimum Gasteiger partial charge on any atom is -0.462 e. The van der Waals surface area contributed by atoms with Crippen LogP contribution in [-0.4, -0.2) is 37.2 Å². The van der Waals surface area contributed by atoms with E-state index in [4.69, 9.17) is 14.2 Å². The molecule has 0 aromatic rings. The molecule has 76 heavy (non-hydrogen) atoms. The van der Waals surface area contributed by atoms with Crippen molar-refractivity contribution < 1.29 is 28.6 Å². The molecular weight excluding hydrogens is 937 g/mol. The van der Waals surface area contributed by atoms with Gasteiger partial charge in [-0.05, 0) is 96.3 Å². The van der Waals surface area contributed by atoms with Gasteiger partial charge < -0.3 is 14.2 Å². The van der Waals surface area contributed by atoms with Gasteiger partial charge in [0, 0.05) is 19.3 Å². The summed E-state index contributed by atoms with van der Waals surface area (Å²) in [5.41, 5.74) is 0. The molecule has 0 radical (unpaired) electrons. The lowest BCUT2D eigenvalue weighted by atomic mass is 10.0. The number of carbonyl (C=O) groups is 3. The number of allylic oxidation sites excluding steroid dienone is 16. The summed E-state index contributed by atoms with van der Waals surface area (Å²) < 4.78 is 16.9. The molecule has 0 saturated heterocycles. The molecule has 0 aromatic carbocycles. The van der Waals surface area contributed by atoms with Crippen molar-refractivity contribution in [3.05, 3.63) is 97.2 Å². The van der Waals surface area contributed by atoms with Gasteiger partial charge in [-0.15, -0.1) is 0 Å². The summed E-state index contributed by atoms with van der Waals surface area (Å²) >= 11 is 0. The predicted molar refractivity (Wildman–Crippen MR) is 330 cm³/mol. The molecule has 0 N–H and O–H groups in total. The van der Waals surface area contributed by atoms with E-state index < -0.39 is 6.10 Å². The number of hydrogen-bond acceptors (Lipinski definition) is 6. The van der Waals surface area contributed by atoms with Crippen LogP contribution in [0.15, 0.2) is 97.2 Å². The van der Waals surface area contributed by atoms with Crippen molar-refractivity contribution >= 4 is 17.9 Å². The Labute approximate surface area is 470 Å². The zero-order valence-corrected chi connectivity index (χ0v) is 50.0. The Hall–Kier alpha value is -3.67. The highest BCUT2D eigenvalue weighted by molar-refractivity contribution is 5.71. The van der Waals surface area contributed by atoms with Gasteiger partial charge >= 0.3 is 17.9 Å². The van der Waals surface area contributed by atoms with Crippen molar-refractivity contribution in [1.29, 1.82) is 0 Å². The Balaban J connectivity index is 4.39. The summed E-state index contributed by atoms with van der Waals surface area (Å²) in [6.07, 6.45) is 85.7. The van der Waals surface area contributed by atoms with E-state index >= 15 is 0 Å². The highest BCUT2D eigenvalue weighted by Crippen LogP contribution is 2.17. The van der Waals surface area contributed by atoms with Gasteiger partial charge in [0.15, 0.2) is 6.10 Å². The fraction of sp³-hybridized carbons (Fsp3) is 0.729. The third-order valence-electron chi connectivity index (χ3n) is 13.8. The average Bonchev–Trinajstić information content (AvgIpc) is 3.42. The molecule has 0 aliphatic heterocycles. The van der Waals surface area contributed by atoms with Crippen LogP contribution in [-0.2, 0) is 28.6 Å². The summed E-state index contributed by atoms with van der Waals surface area (Å²) in [5.74, 6) is -0.957.